The fourth-order valence-corrected chi connectivity index (χ4v) is 1.84. The van der Waals surface area contributed by atoms with E-state index in [0.29, 0.717) is 18.2 Å². The number of aromatic nitrogens is 2. The normalized spacial score (nSPS) is 10.7. The van der Waals surface area contributed by atoms with Gasteiger partial charge in [-0.3, -0.25) is 4.79 Å². The number of hydrogen-bond acceptors (Lipinski definition) is 5. The number of carbonyl (C=O) groups is 1. The van der Waals surface area contributed by atoms with E-state index in [2.05, 4.69) is 27.1 Å². The molecular weight excluding hydrogens is 266 g/mol. The third kappa shape index (κ3) is 6.53. The molecule has 118 valence electrons. The summed E-state index contributed by atoms with van der Waals surface area (Å²) in [5.74, 6) is 0.464. The molecule has 0 aliphatic carbocycles. The standard InChI is InChI=1S/C15H27N5O/c1-5-6-12-20(4)15-17-10-8-13(18-15)14(21)16-9-7-11-19(2)3/h8,10H,5-7,9,11-12H2,1-4H3,(H,16,21). The van der Waals surface area contributed by atoms with Crippen molar-refractivity contribution in [1.82, 2.24) is 20.2 Å². The highest BCUT2D eigenvalue weighted by Gasteiger charge is 2.10. The van der Waals surface area contributed by atoms with Crippen LogP contribution in [0.1, 0.15) is 36.7 Å². The molecule has 0 atom stereocenters. The Morgan fingerprint density at radius 1 is 1.24 bits per heavy atom. The van der Waals surface area contributed by atoms with E-state index in [-0.39, 0.29) is 5.91 Å². The van der Waals surface area contributed by atoms with Gasteiger partial charge in [0.15, 0.2) is 0 Å². The molecule has 0 bridgehead atoms. The number of carbonyl (C=O) groups excluding carboxylic acids is 1. The van der Waals surface area contributed by atoms with E-state index >= 15 is 0 Å². The summed E-state index contributed by atoms with van der Waals surface area (Å²) in [6.45, 7) is 4.65. The summed E-state index contributed by atoms with van der Waals surface area (Å²) in [4.78, 5) is 24.7. The van der Waals surface area contributed by atoms with Crippen molar-refractivity contribution >= 4 is 11.9 Å². The fraction of sp³-hybridized carbons (Fsp3) is 0.667. The van der Waals surface area contributed by atoms with Crippen LogP contribution in [-0.2, 0) is 0 Å². The van der Waals surface area contributed by atoms with Crippen molar-refractivity contribution < 1.29 is 4.79 Å². The van der Waals surface area contributed by atoms with Crippen LogP contribution in [0.2, 0.25) is 0 Å². The molecule has 0 radical (unpaired) electrons. The van der Waals surface area contributed by atoms with Gasteiger partial charge >= 0.3 is 0 Å². The predicted molar refractivity (Wildman–Crippen MR) is 85.7 cm³/mol. The van der Waals surface area contributed by atoms with Gasteiger partial charge in [0.1, 0.15) is 5.69 Å². The zero-order valence-electron chi connectivity index (χ0n) is 13.6. The zero-order chi connectivity index (χ0) is 15.7. The van der Waals surface area contributed by atoms with Crippen LogP contribution in [-0.4, -0.2) is 61.6 Å². The summed E-state index contributed by atoms with van der Waals surface area (Å²) in [6.07, 6.45) is 4.77. The number of hydrogen-bond donors (Lipinski definition) is 1. The lowest BCUT2D eigenvalue weighted by atomic mass is 10.3. The highest BCUT2D eigenvalue weighted by molar-refractivity contribution is 5.92. The molecule has 0 aromatic carbocycles. The molecule has 6 heteroatoms. The molecule has 1 rings (SSSR count). The molecule has 6 nitrogen and oxygen atoms in total. The number of rotatable bonds is 9. The molecule has 1 aromatic heterocycles. The van der Waals surface area contributed by atoms with E-state index < -0.39 is 0 Å². The van der Waals surface area contributed by atoms with Gasteiger partial charge in [0.05, 0.1) is 0 Å². The van der Waals surface area contributed by atoms with Crippen LogP contribution in [0.3, 0.4) is 0 Å². The molecule has 0 aliphatic rings. The fourth-order valence-electron chi connectivity index (χ4n) is 1.84. The molecule has 1 aromatic rings. The molecule has 0 spiro atoms. The van der Waals surface area contributed by atoms with Crippen molar-refractivity contribution in [3.8, 4) is 0 Å². The lowest BCUT2D eigenvalue weighted by Crippen LogP contribution is -2.29. The van der Waals surface area contributed by atoms with Crippen molar-refractivity contribution in [2.75, 3.05) is 45.7 Å². The predicted octanol–water partition coefficient (Wildman–Crippen LogP) is 1.39. The Bertz CT molecular complexity index is 436. The second-order valence-electron chi connectivity index (χ2n) is 5.43. The van der Waals surface area contributed by atoms with Crippen LogP contribution in [0.4, 0.5) is 5.95 Å². The zero-order valence-corrected chi connectivity index (χ0v) is 13.6. The Balaban J connectivity index is 2.52. The first-order valence-electron chi connectivity index (χ1n) is 7.51. The van der Waals surface area contributed by atoms with E-state index in [1.807, 2.05) is 26.0 Å². The van der Waals surface area contributed by atoms with E-state index in [0.717, 1.165) is 32.4 Å². The summed E-state index contributed by atoms with van der Waals surface area (Å²) in [5.41, 5.74) is 0.424. The van der Waals surface area contributed by atoms with Gasteiger partial charge in [-0.2, -0.15) is 0 Å². The van der Waals surface area contributed by atoms with Gasteiger partial charge in [0.25, 0.3) is 5.91 Å². The van der Waals surface area contributed by atoms with Gasteiger partial charge in [-0.15, -0.1) is 0 Å². The summed E-state index contributed by atoms with van der Waals surface area (Å²) >= 11 is 0. The van der Waals surface area contributed by atoms with Crippen molar-refractivity contribution in [3.05, 3.63) is 18.0 Å². The Kier molecular flexibility index (Phi) is 7.68. The maximum absolute atomic E-state index is 12.0. The number of amides is 1. The minimum Gasteiger partial charge on any atom is -0.351 e. The lowest BCUT2D eigenvalue weighted by molar-refractivity contribution is 0.0947. The van der Waals surface area contributed by atoms with Crippen molar-refractivity contribution in [2.24, 2.45) is 0 Å². The minimum absolute atomic E-state index is 0.138. The summed E-state index contributed by atoms with van der Waals surface area (Å²) in [6, 6.07) is 1.65. The average Bonchev–Trinajstić information content (AvgIpc) is 2.48. The number of nitrogens with zero attached hydrogens (tertiary/aromatic N) is 4. The van der Waals surface area contributed by atoms with Gasteiger partial charge in [-0.1, -0.05) is 13.3 Å². The Morgan fingerprint density at radius 3 is 2.67 bits per heavy atom. The van der Waals surface area contributed by atoms with Gasteiger partial charge in [-0.05, 0) is 39.5 Å². The Morgan fingerprint density at radius 2 is 2.00 bits per heavy atom. The first-order chi connectivity index (χ1) is 10.0. The second-order valence-corrected chi connectivity index (χ2v) is 5.43. The summed E-state index contributed by atoms with van der Waals surface area (Å²) in [5, 5.41) is 2.89. The molecule has 0 fully saturated rings. The topological polar surface area (TPSA) is 61.4 Å². The average molecular weight is 293 g/mol. The highest BCUT2D eigenvalue weighted by atomic mass is 16.1. The molecule has 0 saturated heterocycles. The third-order valence-electron chi connectivity index (χ3n) is 3.13. The maximum atomic E-state index is 12.0. The minimum atomic E-state index is -0.138. The Labute approximate surface area is 127 Å². The van der Waals surface area contributed by atoms with Crippen LogP contribution in [0, 0.1) is 0 Å². The smallest absolute Gasteiger partial charge is 0.270 e. The first-order valence-corrected chi connectivity index (χ1v) is 7.51. The van der Waals surface area contributed by atoms with Gasteiger partial charge < -0.3 is 15.1 Å². The molecule has 0 aliphatic heterocycles. The largest absolute Gasteiger partial charge is 0.351 e. The van der Waals surface area contributed by atoms with E-state index in [4.69, 9.17) is 0 Å². The molecule has 0 unspecified atom stereocenters. The maximum Gasteiger partial charge on any atom is 0.270 e. The molecule has 21 heavy (non-hydrogen) atoms. The Hall–Kier alpha value is -1.69. The number of anilines is 1. The van der Waals surface area contributed by atoms with Crippen LogP contribution < -0.4 is 10.2 Å². The monoisotopic (exact) mass is 293 g/mol. The first kappa shape index (κ1) is 17.4. The van der Waals surface area contributed by atoms with E-state index in [9.17, 15) is 4.79 Å². The second kappa shape index (κ2) is 9.28. The van der Waals surface area contributed by atoms with Crippen molar-refractivity contribution in [1.29, 1.82) is 0 Å². The highest BCUT2D eigenvalue weighted by Crippen LogP contribution is 2.06. The van der Waals surface area contributed by atoms with E-state index in [1.165, 1.54) is 0 Å². The van der Waals surface area contributed by atoms with Crippen LogP contribution in [0.25, 0.3) is 0 Å². The van der Waals surface area contributed by atoms with Gasteiger partial charge in [0, 0.05) is 26.3 Å². The quantitative estimate of drug-likeness (QED) is 0.697. The molecule has 1 amide bonds. The molecule has 1 heterocycles. The lowest BCUT2D eigenvalue weighted by Gasteiger charge is -2.16. The number of nitrogens with one attached hydrogen (secondary N) is 1. The summed E-state index contributed by atoms with van der Waals surface area (Å²) < 4.78 is 0. The van der Waals surface area contributed by atoms with Crippen molar-refractivity contribution in [3.63, 3.8) is 0 Å². The number of unbranched alkanes of at least 4 members (excludes halogenated alkanes) is 1. The van der Waals surface area contributed by atoms with Crippen LogP contribution in [0.5, 0.6) is 0 Å². The van der Waals surface area contributed by atoms with Crippen molar-refractivity contribution in [2.45, 2.75) is 26.2 Å². The van der Waals surface area contributed by atoms with Crippen LogP contribution in [0.15, 0.2) is 12.3 Å². The third-order valence-corrected chi connectivity index (χ3v) is 3.13. The SMILES string of the molecule is CCCCN(C)c1nccc(C(=O)NCCCN(C)C)n1. The molecule has 1 N–H and O–H groups in total. The summed E-state index contributed by atoms with van der Waals surface area (Å²) in [7, 11) is 5.99. The van der Waals surface area contributed by atoms with E-state index in [1.54, 1.807) is 12.3 Å². The van der Waals surface area contributed by atoms with Gasteiger partial charge in [0.2, 0.25) is 5.95 Å². The van der Waals surface area contributed by atoms with Gasteiger partial charge in [-0.25, -0.2) is 9.97 Å². The molecular formula is C15H27N5O. The van der Waals surface area contributed by atoms with Crippen LogP contribution >= 0.6 is 0 Å². The molecule has 0 saturated carbocycles.